The van der Waals surface area contributed by atoms with E-state index in [-0.39, 0.29) is 12.0 Å². The van der Waals surface area contributed by atoms with E-state index in [0.29, 0.717) is 32.9 Å². The van der Waals surface area contributed by atoms with Crippen LogP contribution in [0.4, 0.5) is 42.9 Å². The van der Waals surface area contributed by atoms with Crippen LogP contribution < -0.4 is 14.7 Å². The molecule has 3 aromatic heterocycles. The van der Waals surface area contributed by atoms with Gasteiger partial charge in [0, 0.05) is 108 Å². The van der Waals surface area contributed by atoms with Crippen molar-refractivity contribution >= 4 is 99.2 Å². The normalized spacial score (nSPS) is 15.1. The Hall–Kier alpha value is -10.4. The van der Waals surface area contributed by atoms with E-state index in [1.165, 1.54) is 0 Å². The van der Waals surface area contributed by atoms with Gasteiger partial charge in [0.25, 0.3) is 0 Å². The minimum Gasteiger partial charge on any atom is -0.338 e. The van der Waals surface area contributed by atoms with Gasteiger partial charge in [-0.2, -0.15) is 0 Å². The molecule has 0 saturated carbocycles. The van der Waals surface area contributed by atoms with Gasteiger partial charge in [0.15, 0.2) is 0 Å². The highest BCUT2D eigenvalue weighted by Gasteiger charge is 2.39. The van der Waals surface area contributed by atoms with Crippen molar-refractivity contribution < 1.29 is 8.78 Å². The fourth-order valence-electron chi connectivity index (χ4n) is 13.0. The van der Waals surface area contributed by atoms with Gasteiger partial charge in [0.1, 0.15) is 11.6 Å². The van der Waals surface area contributed by atoms with Crippen LogP contribution in [-0.2, 0) is 0 Å². The van der Waals surface area contributed by atoms with Crippen molar-refractivity contribution in [3.8, 4) is 17.1 Å². The molecule has 1 aliphatic carbocycles. The summed E-state index contributed by atoms with van der Waals surface area (Å²) in [6, 6.07) is 77.8. The van der Waals surface area contributed by atoms with Gasteiger partial charge in [-0.3, -0.25) is 0 Å². The summed E-state index contributed by atoms with van der Waals surface area (Å²) in [5.74, 6) is -0.917. The van der Waals surface area contributed by atoms with E-state index in [0.717, 1.165) is 89.0 Å². The van der Waals surface area contributed by atoms with E-state index >= 15 is 8.78 Å². The molecule has 4 heterocycles. The molecule has 0 bridgehead atoms. The molecule has 1 aliphatic heterocycles. The quantitative estimate of drug-likeness (QED) is 0.128. The lowest BCUT2D eigenvalue weighted by atomic mass is 9.90. The number of fused-ring (bicyclic) bond motifs is 4. The van der Waals surface area contributed by atoms with E-state index in [1.807, 2.05) is 72.8 Å². The zero-order valence-corrected chi connectivity index (χ0v) is 43.2. The summed E-state index contributed by atoms with van der Waals surface area (Å²) in [7, 11) is 0. The maximum Gasteiger partial charge on any atom is 0.133 e. The lowest BCUT2D eigenvalue weighted by molar-refractivity contribution is 0.638. The summed E-state index contributed by atoms with van der Waals surface area (Å²) in [6.45, 7) is 0. The highest BCUT2D eigenvalue weighted by atomic mass is 19.1. The molecule has 11 aromatic carbocycles. The number of halogens is 2. The molecule has 80 heavy (non-hydrogen) atoms. The van der Waals surface area contributed by atoms with Crippen LogP contribution in [0.1, 0.15) is 0 Å². The average Bonchev–Trinajstić information content (AvgIpc) is 4.34. The van der Waals surface area contributed by atoms with Crippen molar-refractivity contribution in [1.82, 2.24) is 13.7 Å². The van der Waals surface area contributed by atoms with Gasteiger partial charge < -0.3 is 28.4 Å². The van der Waals surface area contributed by atoms with Gasteiger partial charge in [0.05, 0.1) is 51.0 Å². The molecule has 2 unspecified atom stereocenters. The third-order valence-electron chi connectivity index (χ3n) is 16.5. The molecule has 0 radical (unpaired) electrons. The summed E-state index contributed by atoms with van der Waals surface area (Å²) >= 11 is 0. The fourth-order valence-corrected chi connectivity index (χ4v) is 13.0. The van der Waals surface area contributed by atoms with Crippen molar-refractivity contribution in [2.45, 2.75) is 6.04 Å². The minimum absolute atomic E-state index is 0.0460. The molecule has 2 atom stereocenters. The molecule has 8 heteroatoms. The van der Waals surface area contributed by atoms with Gasteiger partial charge in [-0.15, -0.1) is 0 Å². The standard InChI is InChI=1S/C72H48F2N6/c73-59-41-65(79(67-43-75(47-21-5-1-6-22-47)61-33-17-13-29-53(61)67)68-44-76(48-23-7-2-8-24-48)62-34-18-14-30-54(62)68)57-39-37-52-60(74)42-66(58-40-38-51(59)71(57)72(52)58)80(69-45-77(49-25-9-3-10-26-49)63-35-19-15-31-55(63)69)70-46-78(50-27-11-4-12-28-50)64-36-20-16-32-56(64)70/h1-46,53,61H. The summed E-state index contributed by atoms with van der Waals surface area (Å²) < 4.78 is 42.8. The van der Waals surface area contributed by atoms with Crippen LogP contribution in [0.15, 0.2) is 285 Å². The first-order chi connectivity index (χ1) is 39.6. The van der Waals surface area contributed by atoms with Gasteiger partial charge in [-0.1, -0.05) is 176 Å². The third kappa shape index (κ3) is 6.95. The minimum atomic E-state index is -0.405. The zero-order valence-electron chi connectivity index (χ0n) is 43.2. The molecule has 2 aliphatic rings. The Balaban J connectivity index is 0.995. The Morgan fingerprint density at radius 3 is 1.14 bits per heavy atom. The Morgan fingerprint density at radius 2 is 0.688 bits per heavy atom. The summed E-state index contributed by atoms with van der Waals surface area (Å²) in [6.07, 6.45) is 17.5. The third-order valence-corrected chi connectivity index (χ3v) is 16.5. The van der Waals surface area contributed by atoms with Crippen LogP contribution >= 0.6 is 0 Å². The van der Waals surface area contributed by atoms with Crippen LogP contribution in [0.2, 0.25) is 0 Å². The summed E-state index contributed by atoms with van der Waals surface area (Å²) in [4.78, 5) is 6.84. The van der Waals surface area contributed by atoms with Crippen LogP contribution in [0.5, 0.6) is 0 Å². The largest absolute Gasteiger partial charge is 0.338 e. The second-order valence-electron chi connectivity index (χ2n) is 20.8. The van der Waals surface area contributed by atoms with Crippen molar-refractivity contribution in [3.05, 3.63) is 297 Å². The molecule has 0 N–H and O–H groups in total. The summed E-state index contributed by atoms with van der Waals surface area (Å²) in [5.41, 5.74) is 12.0. The van der Waals surface area contributed by atoms with Crippen molar-refractivity contribution in [3.63, 3.8) is 0 Å². The second kappa shape index (κ2) is 18.1. The number of benzene rings is 11. The molecular weight excluding hydrogens is 987 g/mol. The highest BCUT2D eigenvalue weighted by molar-refractivity contribution is 6.29. The van der Waals surface area contributed by atoms with E-state index in [4.69, 9.17) is 0 Å². The number of hydrogen-bond donors (Lipinski definition) is 0. The molecule has 16 rings (SSSR count). The molecule has 0 saturated heterocycles. The van der Waals surface area contributed by atoms with Crippen LogP contribution in [0.25, 0.3) is 82.1 Å². The van der Waals surface area contributed by atoms with E-state index in [9.17, 15) is 0 Å². The maximum atomic E-state index is 18.1. The zero-order chi connectivity index (χ0) is 53.0. The maximum absolute atomic E-state index is 18.1. The van der Waals surface area contributed by atoms with Gasteiger partial charge >= 0.3 is 0 Å². The monoisotopic (exact) mass is 1030 g/mol. The van der Waals surface area contributed by atoms with Gasteiger partial charge in [-0.05, 0) is 78.9 Å². The fraction of sp³-hybridized carbons (Fsp3) is 0.0278. The Kier molecular flexibility index (Phi) is 10.3. The first-order valence-corrected chi connectivity index (χ1v) is 27.1. The lowest BCUT2D eigenvalue weighted by Gasteiger charge is -2.32. The number of anilines is 6. The number of para-hydroxylation sites is 7. The van der Waals surface area contributed by atoms with Gasteiger partial charge in [0.2, 0.25) is 0 Å². The summed E-state index contributed by atoms with van der Waals surface area (Å²) in [5, 5.41) is 6.69. The van der Waals surface area contributed by atoms with Crippen LogP contribution in [-0.4, -0.2) is 19.7 Å². The van der Waals surface area contributed by atoms with E-state index in [2.05, 4.69) is 223 Å². The van der Waals surface area contributed by atoms with E-state index < -0.39 is 11.6 Å². The SMILES string of the molecule is Fc1cc(N(C2=CN(c3ccccc3)C3C=CC=CC23)c2cn(-c3ccccc3)c3ccccc23)c2ccc3c(F)cc(N(c4cn(-c5ccccc5)c5ccccc45)c4cn(-c5ccccc5)c5ccccc45)c4ccc1c2c34. The number of allylic oxidation sites excluding steroid dienone is 2. The Morgan fingerprint density at radius 1 is 0.325 bits per heavy atom. The topological polar surface area (TPSA) is 24.5 Å². The van der Waals surface area contributed by atoms with Gasteiger partial charge in [-0.25, -0.2) is 8.78 Å². The molecule has 0 amide bonds. The first kappa shape index (κ1) is 45.7. The first-order valence-electron chi connectivity index (χ1n) is 27.1. The molecule has 14 aromatic rings. The molecule has 6 nitrogen and oxygen atoms in total. The van der Waals surface area contributed by atoms with E-state index in [1.54, 1.807) is 12.1 Å². The second-order valence-corrected chi connectivity index (χ2v) is 20.8. The predicted molar refractivity (Wildman–Crippen MR) is 326 cm³/mol. The highest BCUT2D eigenvalue weighted by Crippen LogP contribution is 2.53. The molecule has 380 valence electrons. The van der Waals surface area contributed by atoms with Crippen molar-refractivity contribution in [2.75, 3.05) is 14.7 Å². The molecule has 0 spiro atoms. The molecule has 0 fully saturated rings. The smallest absolute Gasteiger partial charge is 0.133 e. The number of nitrogens with zero attached hydrogens (tertiary/aromatic N) is 6. The number of aromatic nitrogens is 3. The Labute approximate surface area is 460 Å². The number of hydrogen-bond acceptors (Lipinski definition) is 3. The van der Waals surface area contributed by atoms with Crippen molar-refractivity contribution in [2.24, 2.45) is 5.92 Å². The molecular formula is C72H48F2N6. The van der Waals surface area contributed by atoms with Crippen molar-refractivity contribution in [1.29, 1.82) is 0 Å². The lowest BCUT2D eigenvalue weighted by Crippen LogP contribution is -2.32. The number of rotatable bonds is 10. The van der Waals surface area contributed by atoms with Crippen LogP contribution in [0, 0.1) is 17.6 Å². The van der Waals surface area contributed by atoms with Crippen LogP contribution in [0.3, 0.4) is 0 Å². The average molecular weight is 1040 g/mol. The predicted octanol–water partition coefficient (Wildman–Crippen LogP) is 18.8. The Bertz CT molecular complexity index is 4710.